The Morgan fingerprint density at radius 1 is 1.28 bits per heavy atom. The lowest BCUT2D eigenvalue weighted by molar-refractivity contribution is -0.146. The Labute approximate surface area is 108 Å². The van der Waals surface area contributed by atoms with E-state index in [0.29, 0.717) is 13.0 Å². The van der Waals surface area contributed by atoms with Crippen LogP contribution in [0.3, 0.4) is 0 Å². The number of carbonyl (C=O) groups excluding carboxylic acids is 1. The number of ether oxygens (including phenoxy) is 1. The molecule has 0 bridgehead atoms. The molecule has 1 fully saturated rings. The van der Waals surface area contributed by atoms with E-state index < -0.39 is 0 Å². The fourth-order valence-electron chi connectivity index (χ4n) is 2.48. The van der Waals surface area contributed by atoms with Gasteiger partial charge in [-0.25, -0.2) is 0 Å². The highest BCUT2D eigenvalue weighted by Crippen LogP contribution is 2.27. The van der Waals surface area contributed by atoms with Gasteiger partial charge in [-0.3, -0.25) is 4.79 Å². The van der Waals surface area contributed by atoms with Crippen LogP contribution in [0.25, 0.3) is 0 Å². The number of hydrogen-bond acceptors (Lipinski definition) is 3. The molecule has 1 aliphatic carbocycles. The molecule has 18 heavy (non-hydrogen) atoms. The van der Waals surface area contributed by atoms with Gasteiger partial charge in [0.25, 0.3) is 0 Å². The Morgan fingerprint density at radius 2 is 2.06 bits per heavy atom. The van der Waals surface area contributed by atoms with Gasteiger partial charge in [-0.1, -0.05) is 36.8 Å². The van der Waals surface area contributed by atoms with Crippen LogP contribution in [-0.2, 0) is 16.1 Å². The third-order valence-corrected chi connectivity index (χ3v) is 3.45. The Hall–Kier alpha value is -1.35. The maximum absolute atomic E-state index is 11.7. The van der Waals surface area contributed by atoms with Crippen molar-refractivity contribution in [3.63, 3.8) is 0 Å². The molecule has 3 nitrogen and oxygen atoms in total. The summed E-state index contributed by atoms with van der Waals surface area (Å²) in [4.78, 5) is 11.7. The van der Waals surface area contributed by atoms with E-state index in [4.69, 9.17) is 4.74 Å². The first kappa shape index (κ1) is 13.1. The molecule has 2 rings (SSSR count). The Balaban J connectivity index is 1.72. The fourth-order valence-corrected chi connectivity index (χ4v) is 2.48. The zero-order valence-electron chi connectivity index (χ0n) is 10.5. The average molecular weight is 248 g/mol. The monoisotopic (exact) mass is 248 g/mol. The molecule has 0 spiro atoms. The van der Waals surface area contributed by atoms with Gasteiger partial charge >= 0.3 is 5.97 Å². The van der Waals surface area contributed by atoms with E-state index in [2.05, 4.69) is 0 Å². The summed E-state index contributed by atoms with van der Waals surface area (Å²) in [6.45, 7) is 0.342. The Morgan fingerprint density at radius 3 is 2.78 bits per heavy atom. The van der Waals surface area contributed by atoms with Crippen LogP contribution >= 0.6 is 0 Å². The van der Waals surface area contributed by atoms with E-state index in [0.717, 1.165) is 31.2 Å². The van der Waals surface area contributed by atoms with E-state index in [1.165, 1.54) is 0 Å². The minimum Gasteiger partial charge on any atom is -0.461 e. The van der Waals surface area contributed by atoms with Crippen molar-refractivity contribution in [1.29, 1.82) is 0 Å². The molecule has 2 unspecified atom stereocenters. The fraction of sp³-hybridized carbons (Fsp3) is 0.533. The van der Waals surface area contributed by atoms with E-state index >= 15 is 0 Å². The van der Waals surface area contributed by atoms with Crippen LogP contribution in [0.4, 0.5) is 0 Å². The van der Waals surface area contributed by atoms with Gasteiger partial charge in [0.2, 0.25) is 0 Å². The minimum absolute atomic E-state index is 0.155. The lowest BCUT2D eigenvalue weighted by Crippen LogP contribution is -2.22. The molecule has 1 aromatic rings. The SMILES string of the molecule is O=C(CC1CCCC(O)C1)OCc1ccccc1. The lowest BCUT2D eigenvalue weighted by atomic mass is 9.85. The van der Waals surface area contributed by atoms with E-state index in [-0.39, 0.29) is 18.0 Å². The number of hydrogen-bond donors (Lipinski definition) is 1. The largest absolute Gasteiger partial charge is 0.461 e. The summed E-state index contributed by atoms with van der Waals surface area (Å²) in [6, 6.07) is 9.69. The molecule has 1 aromatic carbocycles. The molecule has 98 valence electrons. The van der Waals surface area contributed by atoms with Crippen LogP contribution in [0.2, 0.25) is 0 Å². The highest BCUT2D eigenvalue weighted by Gasteiger charge is 2.22. The van der Waals surface area contributed by atoms with Crippen LogP contribution in [0.15, 0.2) is 30.3 Å². The zero-order chi connectivity index (χ0) is 12.8. The number of benzene rings is 1. The molecule has 0 aliphatic heterocycles. The number of carbonyl (C=O) groups is 1. The molecule has 0 radical (unpaired) electrons. The molecule has 0 amide bonds. The van der Waals surface area contributed by atoms with Crippen LogP contribution in [0, 0.1) is 5.92 Å². The maximum Gasteiger partial charge on any atom is 0.306 e. The van der Waals surface area contributed by atoms with Crippen molar-refractivity contribution in [2.45, 2.75) is 44.8 Å². The molecular formula is C15H20O3. The third kappa shape index (κ3) is 4.15. The summed E-state index contributed by atoms with van der Waals surface area (Å²) in [6.07, 6.45) is 3.85. The van der Waals surface area contributed by atoms with Gasteiger partial charge in [-0.15, -0.1) is 0 Å². The second kappa shape index (κ2) is 6.55. The lowest BCUT2D eigenvalue weighted by Gasteiger charge is -2.24. The smallest absolute Gasteiger partial charge is 0.306 e. The first-order valence-electron chi connectivity index (χ1n) is 6.61. The molecule has 1 aliphatic rings. The summed E-state index contributed by atoms with van der Waals surface area (Å²) in [5.74, 6) is 0.134. The highest BCUT2D eigenvalue weighted by atomic mass is 16.5. The Kier molecular flexibility index (Phi) is 4.76. The average Bonchev–Trinajstić information content (AvgIpc) is 2.38. The predicted molar refractivity (Wildman–Crippen MR) is 68.8 cm³/mol. The molecular weight excluding hydrogens is 228 g/mol. The summed E-state index contributed by atoms with van der Waals surface area (Å²) >= 11 is 0. The second-order valence-electron chi connectivity index (χ2n) is 5.04. The standard InChI is InChI=1S/C15H20O3/c16-14-8-4-7-13(9-14)10-15(17)18-11-12-5-2-1-3-6-12/h1-3,5-6,13-14,16H,4,7-11H2. The predicted octanol–water partition coefficient (Wildman–Crippen LogP) is 2.67. The van der Waals surface area contributed by atoms with Crippen molar-refractivity contribution in [1.82, 2.24) is 0 Å². The normalized spacial score (nSPS) is 23.6. The quantitative estimate of drug-likeness (QED) is 0.833. The second-order valence-corrected chi connectivity index (χ2v) is 5.04. The molecule has 3 heteroatoms. The van der Waals surface area contributed by atoms with Gasteiger partial charge in [0.05, 0.1) is 6.10 Å². The van der Waals surface area contributed by atoms with Crippen molar-refractivity contribution in [2.75, 3.05) is 0 Å². The summed E-state index contributed by atoms with van der Waals surface area (Å²) in [7, 11) is 0. The number of aliphatic hydroxyl groups is 1. The molecule has 0 heterocycles. The van der Waals surface area contributed by atoms with Crippen molar-refractivity contribution in [3.8, 4) is 0 Å². The van der Waals surface area contributed by atoms with Gasteiger partial charge < -0.3 is 9.84 Å². The van der Waals surface area contributed by atoms with E-state index in [1.807, 2.05) is 30.3 Å². The Bertz CT molecular complexity index is 375. The van der Waals surface area contributed by atoms with Crippen LogP contribution in [0.5, 0.6) is 0 Å². The van der Waals surface area contributed by atoms with Gasteiger partial charge in [-0.05, 0) is 30.7 Å². The topological polar surface area (TPSA) is 46.5 Å². The van der Waals surface area contributed by atoms with Crippen molar-refractivity contribution >= 4 is 5.97 Å². The van der Waals surface area contributed by atoms with Gasteiger partial charge in [0, 0.05) is 6.42 Å². The van der Waals surface area contributed by atoms with Crippen molar-refractivity contribution < 1.29 is 14.6 Å². The molecule has 0 saturated heterocycles. The highest BCUT2D eigenvalue weighted by molar-refractivity contribution is 5.69. The van der Waals surface area contributed by atoms with Crippen LogP contribution < -0.4 is 0 Å². The minimum atomic E-state index is -0.231. The van der Waals surface area contributed by atoms with Crippen molar-refractivity contribution in [3.05, 3.63) is 35.9 Å². The third-order valence-electron chi connectivity index (χ3n) is 3.45. The van der Waals surface area contributed by atoms with E-state index in [9.17, 15) is 9.90 Å². The van der Waals surface area contributed by atoms with E-state index in [1.54, 1.807) is 0 Å². The molecule has 1 N–H and O–H groups in total. The zero-order valence-corrected chi connectivity index (χ0v) is 10.5. The summed E-state index contributed by atoms with van der Waals surface area (Å²) in [5, 5.41) is 9.55. The maximum atomic E-state index is 11.7. The molecule has 1 saturated carbocycles. The summed E-state index contributed by atoms with van der Waals surface area (Å²) in [5.41, 5.74) is 1.01. The molecule has 2 atom stereocenters. The van der Waals surface area contributed by atoms with Gasteiger partial charge in [-0.2, -0.15) is 0 Å². The first-order chi connectivity index (χ1) is 8.74. The van der Waals surface area contributed by atoms with Crippen molar-refractivity contribution in [2.24, 2.45) is 5.92 Å². The van der Waals surface area contributed by atoms with Crippen LogP contribution in [-0.4, -0.2) is 17.2 Å². The first-order valence-corrected chi connectivity index (χ1v) is 6.61. The van der Waals surface area contributed by atoms with Gasteiger partial charge in [0.15, 0.2) is 0 Å². The summed E-state index contributed by atoms with van der Waals surface area (Å²) < 4.78 is 5.25. The number of esters is 1. The molecule has 0 aromatic heterocycles. The van der Waals surface area contributed by atoms with Gasteiger partial charge in [0.1, 0.15) is 6.61 Å². The van der Waals surface area contributed by atoms with Crippen LogP contribution in [0.1, 0.15) is 37.7 Å². The number of aliphatic hydroxyl groups excluding tert-OH is 1. The number of rotatable bonds is 4.